The maximum Gasteiger partial charge on any atom is 0.323 e. The number of ether oxygens (including phenoxy) is 2. The molecule has 4 rings (SSSR count). The molecule has 1 fully saturated rings. The standard InChI is InChI=1S/C28H35FN4O5/c1-17-14-33(26(34)19-8-9-19)18(2)16-38-24-13-22(31-28(36)30-21-7-5-6-20(29)12-21)10-11-23(24)27(35)32(3)15-25(17)37-4/h5-7,10-13,17-19,25H,8-9,14-16H2,1-4H3,(H2,30,31,36)/t17-,18+,25+/m1/s1. The Bertz CT molecular complexity index is 1190. The van der Waals surface area contributed by atoms with Gasteiger partial charge in [0.15, 0.2) is 0 Å². The summed E-state index contributed by atoms with van der Waals surface area (Å²) in [4.78, 5) is 42.4. The van der Waals surface area contributed by atoms with Crippen LogP contribution in [0.15, 0.2) is 42.5 Å². The topological polar surface area (TPSA) is 100 Å². The van der Waals surface area contributed by atoms with E-state index >= 15 is 0 Å². The van der Waals surface area contributed by atoms with Gasteiger partial charge in [-0.25, -0.2) is 9.18 Å². The van der Waals surface area contributed by atoms with Crippen LogP contribution in [0.3, 0.4) is 0 Å². The largest absolute Gasteiger partial charge is 0.491 e. The van der Waals surface area contributed by atoms with E-state index in [4.69, 9.17) is 9.47 Å². The molecule has 3 atom stereocenters. The number of nitrogens with one attached hydrogen (secondary N) is 2. The van der Waals surface area contributed by atoms with Crippen LogP contribution in [0.2, 0.25) is 0 Å². The van der Waals surface area contributed by atoms with Crippen molar-refractivity contribution in [3.63, 3.8) is 0 Å². The molecule has 0 saturated heterocycles. The monoisotopic (exact) mass is 526 g/mol. The van der Waals surface area contributed by atoms with Gasteiger partial charge in [-0.15, -0.1) is 0 Å². The highest BCUT2D eigenvalue weighted by Gasteiger charge is 2.37. The number of methoxy groups -OCH3 is 1. The minimum absolute atomic E-state index is 0.00229. The third kappa shape index (κ3) is 6.61. The van der Waals surface area contributed by atoms with Crippen LogP contribution in [0.4, 0.5) is 20.6 Å². The summed E-state index contributed by atoms with van der Waals surface area (Å²) in [5.41, 5.74) is 1.03. The van der Waals surface area contributed by atoms with Crippen molar-refractivity contribution in [2.45, 2.75) is 38.8 Å². The summed E-state index contributed by atoms with van der Waals surface area (Å²) in [6.45, 7) is 4.97. The van der Waals surface area contributed by atoms with Crippen molar-refractivity contribution >= 4 is 29.2 Å². The Morgan fingerprint density at radius 2 is 1.76 bits per heavy atom. The molecule has 0 unspecified atom stereocenters. The highest BCUT2D eigenvalue weighted by atomic mass is 19.1. The van der Waals surface area contributed by atoms with Crippen LogP contribution < -0.4 is 15.4 Å². The van der Waals surface area contributed by atoms with Crippen molar-refractivity contribution in [2.75, 3.05) is 44.5 Å². The molecule has 0 spiro atoms. The molecule has 38 heavy (non-hydrogen) atoms. The van der Waals surface area contributed by atoms with E-state index in [0.717, 1.165) is 12.8 Å². The van der Waals surface area contributed by atoms with Gasteiger partial charge in [0.05, 0.1) is 17.7 Å². The Kier molecular flexibility index (Phi) is 8.51. The summed E-state index contributed by atoms with van der Waals surface area (Å²) in [5.74, 6) is -0.242. The zero-order chi connectivity index (χ0) is 27.4. The highest BCUT2D eigenvalue weighted by molar-refractivity contribution is 6.01. The number of hydrogen-bond acceptors (Lipinski definition) is 5. The lowest BCUT2D eigenvalue weighted by Gasteiger charge is -2.36. The number of anilines is 2. The molecule has 2 aromatic carbocycles. The number of amides is 4. The van der Waals surface area contributed by atoms with Gasteiger partial charge in [-0.1, -0.05) is 13.0 Å². The van der Waals surface area contributed by atoms with Crippen LogP contribution in [0.25, 0.3) is 0 Å². The summed E-state index contributed by atoms with van der Waals surface area (Å²) in [6.07, 6.45) is 1.54. The Balaban J connectivity index is 1.58. The maximum absolute atomic E-state index is 13.5. The summed E-state index contributed by atoms with van der Waals surface area (Å²) in [5, 5.41) is 5.27. The average molecular weight is 527 g/mol. The van der Waals surface area contributed by atoms with E-state index in [1.165, 1.54) is 18.2 Å². The molecule has 9 nitrogen and oxygen atoms in total. The molecule has 2 aromatic rings. The van der Waals surface area contributed by atoms with Gasteiger partial charge in [-0.2, -0.15) is 0 Å². The molecule has 10 heteroatoms. The normalized spacial score (nSPS) is 22.4. The van der Waals surface area contributed by atoms with E-state index in [2.05, 4.69) is 10.6 Å². The van der Waals surface area contributed by atoms with Gasteiger partial charge in [-0.05, 0) is 50.1 Å². The number of urea groups is 1. The predicted molar refractivity (Wildman–Crippen MR) is 142 cm³/mol. The van der Waals surface area contributed by atoms with Crippen LogP contribution in [0.1, 0.15) is 37.0 Å². The fourth-order valence-corrected chi connectivity index (χ4v) is 4.58. The van der Waals surface area contributed by atoms with E-state index < -0.39 is 11.8 Å². The van der Waals surface area contributed by atoms with Crippen LogP contribution in [0.5, 0.6) is 5.75 Å². The smallest absolute Gasteiger partial charge is 0.323 e. The summed E-state index contributed by atoms with van der Waals surface area (Å²) >= 11 is 0. The second-order valence-electron chi connectivity index (χ2n) is 10.2. The lowest BCUT2D eigenvalue weighted by atomic mass is 10.0. The van der Waals surface area contributed by atoms with Crippen LogP contribution >= 0.6 is 0 Å². The molecule has 0 radical (unpaired) electrons. The lowest BCUT2D eigenvalue weighted by Crippen LogP contribution is -2.49. The fraction of sp³-hybridized carbons (Fsp3) is 0.464. The number of carbonyl (C=O) groups excluding carboxylic acids is 3. The Morgan fingerprint density at radius 3 is 2.42 bits per heavy atom. The van der Waals surface area contributed by atoms with Gasteiger partial charge in [0.2, 0.25) is 5.91 Å². The van der Waals surface area contributed by atoms with Crippen molar-refractivity contribution in [1.82, 2.24) is 9.80 Å². The fourth-order valence-electron chi connectivity index (χ4n) is 4.58. The maximum atomic E-state index is 13.5. The number of halogens is 1. The van der Waals surface area contributed by atoms with E-state index in [1.54, 1.807) is 43.3 Å². The first kappa shape index (κ1) is 27.4. The summed E-state index contributed by atoms with van der Waals surface area (Å²) in [7, 11) is 3.32. The van der Waals surface area contributed by atoms with Crippen molar-refractivity contribution in [1.29, 1.82) is 0 Å². The SMILES string of the molecule is CO[C@H]1CN(C)C(=O)c2ccc(NC(=O)Nc3cccc(F)c3)cc2OC[C@H](C)N(C(=O)C2CC2)C[C@H]1C. The molecule has 2 N–H and O–H groups in total. The number of hydrogen-bond donors (Lipinski definition) is 2. The number of fused-ring (bicyclic) bond motifs is 1. The van der Waals surface area contributed by atoms with Crippen LogP contribution in [-0.4, -0.2) is 73.6 Å². The molecular weight excluding hydrogens is 491 g/mol. The van der Waals surface area contributed by atoms with Crippen LogP contribution in [0, 0.1) is 17.7 Å². The first-order valence-corrected chi connectivity index (χ1v) is 12.9. The first-order valence-electron chi connectivity index (χ1n) is 12.9. The van der Waals surface area contributed by atoms with Crippen molar-refractivity contribution in [3.05, 3.63) is 53.8 Å². The molecule has 1 aliphatic heterocycles. The van der Waals surface area contributed by atoms with E-state index in [0.29, 0.717) is 35.8 Å². The Morgan fingerprint density at radius 1 is 1.05 bits per heavy atom. The molecule has 1 aliphatic carbocycles. The Hall–Kier alpha value is -3.66. The van der Waals surface area contributed by atoms with E-state index in [1.807, 2.05) is 18.7 Å². The van der Waals surface area contributed by atoms with Gasteiger partial charge < -0.3 is 29.9 Å². The van der Waals surface area contributed by atoms with Crippen molar-refractivity contribution < 1.29 is 28.2 Å². The predicted octanol–water partition coefficient (Wildman–Crippen LogP) is 4.21. The van der Waals surface area contributed by atoms with Crippen LogP contribution in [-0.2, 0) is 9.53 Å². The van der Waals surface area contributed by atoms with Gasteiger partial charge in [0.1, 0.15) is 18.2 Å². The minimum Gasteiger partial charge on any atom is -0.491 e. The second kappa shape index (κ2) is 11.8. The Labute approximate surface area is 222 Å². The minimum atomic E-state index is -0.571. The van der Waals surface area contributed by atoms with E-state index in [-0.39, 0.29) is 42.4 Å². The van der Waals surface area contributed by atoms with Gasteiger partial charge in [-0.3, -0.25) is 9.59 Å². The third-order valence-corrected chi connectivity index (χ3v) is 7.00. The van der Waals surface area contributed by atoms with Crippen molar-refractivity contribution in [3.8, 4) is 5.75 Å². The first-order chi connectivity index (χ1) is 18.2. The number of nitrogens with zero attached hydrogens (tertiary/aromatic N) is 2. The zero-order valence-corrected chi connectivity index (χ0v) is 22.2. The highest BCUT2D eigenvalue weighted by Crippen LogP contribution is 2.33. The van der Waals surface area contributed by atoms with Crippen molar-refractivity contribution in [2.24, 2.45) is 11.8 Å². The molecule has 0 aromatic heterocycles. The molecule has 1 saturated carbocycles. The number of likely N-dealkylation sites (N-methyl/N-ethyl adjacent to an activating group) is 1. The van der Waals surface area contributed by atoms with Gasteiger partial charge in [0.25, 0.3) is 5.91 Å². The van der Waals surface area contributed by atoms with E-state index in [9.17, 15) is 18.8 Å². The molecule has 0 bridgehead atoms. The quantitative estimate of drug-likeness (QED) is 0.622. The summed E-state index contributed by atoms with van der Waals surface area (Å²) in [6, 6.07) is 9.53. The molecule has 4 amide bonds. The van der Waals surface area contributed by atoms with Gasteiger partial charge in [0, 0.05) is 56.5 Å². The average Bonchev–Trinajstić information content (AvgIpc) is 3.73. The van der Waals surface area contributed by atoms with Gasteiger partial charge >= 0.3 is 6.03 Å². The summed E-state index contributed by atoms with van der Waals surface area (Å²) < 4.78 is 25.3. The molecule has 2 aliphatic rings. The number of rotatable bonds is 4. The molecule has 1 heterocycles. The number of benzene rings is 2. The molecule has 204 valence electrons. The zero-order valence-electron chi connectivity index (χ0n) is 22.2. The lowest BCUT2D eigenvalue weighted by molar-refractivity contribution is -0.136. The number of carbonyl (C=O) groups is 3. The second-order valence-corrected chi connectivity index (χ2v) is 10.2. The molecular formula is C28H35FN4O5. The third-order valence-electron chi connectivity index (χ3n) is 7.00.